The van der Waals surface area contributed by atoms with Gasteiger partial charge in [0, 0.05) is 33.5 Å². The average Bonchev–Trinajstić information content (AvgIpc) is 3.84. The van der Waals surface area contributed by atoms with Crippen LogP contribution >= 0.6 is 0 Å². The zero-order valence-electron chi connectivity index (χ0n) is 40.6. The molecule has 74 heavy (non-hydrogen) atoms. The Balaban J connectivity index is 0.890. The molecule has 0 aliphatic rings. The minimum Gasteiger partial charge on any atom is -0.311 e. The standard InChI is InChI=1S/C72H48N2/c1-3-17-49(18-4-1)50-31-39-56(40-32-50)73(58-43-35-52(36-44-58)54-38-46-72-70(48-54)68-29-15-16-30-71(68)74(72)55-19-5-2-6-20-55)57-41-33-51(34-42-57)53-37-45-67-65-27-12-11-25-63(65)61-23-8-7-21-59(61)60-22-9-10-24-62(60)64-26-13-14-28-66(64)69(67)47-53/h1-48H. The van der Waals surface area contributed by atoms with Crippen LogP contribution in [-0.2, 0) is 0 Å². The third-order valence-corrected chi connectivity index (χ3v) is 15.0. The summed E-state index contributed by atoms with van der Waals surface area (Å²) < 4.78 is 2.37. The maximum atomic E-state index is 2.41. The van der Waals surface area contributed by atoms with Crippen LogP contribution < -0.4 is 4.90 Å². The van der Waals surface area contributed by atoms with Crippen LogP contribution in [0, 0.1) is 0 Å². The number of hydrogen-bond acceptors (Lipinski definition) is 1. The first kappa shape index (κ1) is 43.1. The first-order chi connectivity index (χ1) is 36.7. The molecule has 0 unspecified atom stereocenters. The molecule has 0 atom stereocenters. The normalized spacial score (nSPS) is 11.5. The van der Waals surface area contributed by atoms with Crippen LogP contribution in [-0.4, -0.2) is 4.57 Å². The van der Waals surface area contributed by atoms with E-state index in [0.29, 0.717) is 0 Å². The van der Waals surface area contributed by atoms with Crippen LogP contribution in [0.5, 0.6) is 0 Å². The average molecular weight is 941 g/mol. The number of para-hydroxylation sites is 2. The lowest BCUT2D eigenvalue weighted by atomic mass is 9.93. The SMILES string of the molecule is c1ccc(-c2ccc(N(c3ccc(-c4ccc5c6ccccc6c6ccccc6c6ccccc6c6ccccc6c5c4)cc3)c3ccc(-c4ccc5c(c4)c4ccccc4n5-c4ccccc4)cc3)cc2)cc1. The Morgan fingerprint density at radius 1 is 0.189 bits per heavy atom. The van der Waals surface area contributed by atoms with Crippen molar-refractivity contribution in [3.63, 3.8) is 0 Å². The van der Waals surface area contributed by atoms with Crippen molar-refractivity contribution in [2.45, 2.75) is 0 Å². The third kappa shape index (κ3) is 7.43. The van der Waals surface area contributed by atoms with Gasteiger partial charge in [0.1, 0.15) is 0 Å². The van der Waals surface area contributed by atoms with Gasteiger partial charge in [-0.25, -0.2) is 0 Å². The van der Waals surface area contributed by atoms with Gasteiger partial charge in [-0.2, -0.15) is 0 Å². The van der Waals surface area contributed by atoms with Crippen molar-refractivity contribution >= 4 is 92.7 Å². The fourth-order valence-electron chi connectivity index (χ4n) is 11.5. The molecule has 0 N–H and O–H groups in total. The summed E-state index contributed by atoms with van der Waals surface area (Å²) in [6.07, 6.45) is 0. The van der Waals surface area contributed by atoms with E-state index in [9.17, 15) is 0 Å². The second kappa shape index (κ2) is 18.1. The van der Waals surface area contributed by atoms with Crippen LogP contribution in [0.2, 0.25) is 0 Å². The molecule has 0 bridgehead atoms. The Morgan fingerprint density at radius 3 is 0.946 bits per heavy atom. The smallest absolute Gasteiger partial charge is 0.0541 e. The lowest BCUT2D eigenvalue weighted by Gasteiger charge is -2.26. The summed E-state index contributed by atoms with van der Waals surface area (Å²) >= 11 is 0. The molecule has 14 rings (SSSR count). The number of anilines is 3. The van der Waals surface area contributed by atoms with E-state index in [2.05, 4.69) is 301 Å². The van der Waals surface area contributed by atoms with Crippen molar-refractivity contribution in [2.75, 3.05) is 4.90 Å². The van der Waals surface area contributed by atoms with Crippen molar-refractivity contribution < 1.29 is 0 Å². The van der Waals surface area contributed by atoms with E-state index < -0.39 is 0 Å². The van der Waals surface area contributed by atoms with Gasteiger partial charge in [-0.05, 0) is 160 Å². The second-order valence-electron chi connectivity index (χ2n) is 19.2. The van der Waals surface area contributed by atoms with E-state index >= 15 is 0 Å². The lowest BCUT2D eigenvalue weighted by Crippen LogP contribution is -2.09. The minimum atomic E-state index is 1.08. The number of fused-ring (bicyclic) bond motifs is 13. The summed E-state index contributed by atoms with van der Waals surface area (Å²) in [7, 11) is 0. The predicted octanol–water partition coefficient (Wildman–Crippen LogP) is 20.1. The molecule has 1 heterocycles. The highest BCUT2D eigenvalue weighted by atomic mass is 15.1. The number of benzene rings is 12. The van der Waals surface area contributed by atoms with E-state index in [-0.39, 0.29) is 0 Å². The Kier molecular flexibility index (Phi) is 10.6. The van der Waals surface area contributed by atoms with Crippen LogP contribution in [0.25, 0.3) is 115 Å². The van der Waals surface area contributed by atoms with Crippen molar-refractivity contribution in [1.29, 1.82) is 0 Å². The molecule has 0 spiro atoms. The van der Waals surface area contributed by atoms with Gasteiger partial charge in [-0.15, -0.1) is 0 Å². The highest BCUT2D eigenvalue weighted by Crippen LogP contribution is 2.41. The molecule has 13 aromatic carbocycles. The van der Waals surface area contributed by atoms with Crippen molar-refractivity contribution in [3.8, 4) is 39.1 Å². The highest BCUT2D eigenvalue weighted by Gasteiger charge is 2.17. The van der Waals surface area contributed by atoms with Gasteiger partial charge >= 0.3 is 0 Å². The Bertz CT molecular complexity index is 4420. The van der Waals surface area contributed by atoms with E-state index in [1.807, 2.05) is 0 Å². The molecule has 0 fully saturated rings. The van der Waals surface area contributed by atoms with Crippen LogP contribution in [0.1, 0.15) is 0 Å². The molecule has 0 radical (unpaired) electrons. The van der Waals surface area contributed by atoms with Crippen LogP contribution in [0.3, 0.4) is 0 Å². The molecule has 2 heteroatoms. The maximum absolute atomic E-state index is 2.41. The van der Waals surface area contributed by atoms with Gasteiger partial charge < -0.3 is 9.47 Å². The molecule has 1 aromatic heterocycles. The fraction of sp³-hybridized carbons (Fsp3) is 0. The molecule has 2 nitrogen and oxygen atoms in total. The third-order valence-electron chi connectivity index (χ3n) is 15.0. The number of hydrogen-bond donors (Lipinski definition) is 0. The summed E-state index contributed by atoms with van der Waals surface area (Å²) in [5, 5.41) is 14.8. The van der Waals surface area contributed by atoms with Gasteiger partial charge in [0.15, 0.2) is 0 Å². The first-order valence-corrected chi connectivity index (χ1v) is 25.5. The summed E-state index contributed by atoms with van der Waals surface area (Å²) in [6.45, 7) is 0. The minimum absolute atomic E-state index is 1.08. The van der Waals surface area contributed by atoms with Crippen molar-refractivity contribution in [1.82, 2.24) is 4.57 Å². The number of nitrogens with zero attached hydrogens (tertiary/aromatic N) is 2. The van der Waals surface area contributed by atoms with Crippen molar-refractivity contribution in [2.24, 2.45) is 0 Å². The Morgan fingerprint density at radius 2 is 0.486 bits per heavy atom. The first-order valence-electron chi connectivity index (χ1n) is 25.5. The second-order valence-corrected chi connectivity index (χ2v) is 19.2. The van der Waals surface area contributed by atoms with E-state index in [4.69, 9.17) is 0 Å². The molecule has 14 aromatic rings. The molecule has 0 saturated heterocycles. The number of rotatable bonds is 7. The maximum Gasteiger partial charge on any atom is 0.0541 e. The van der Waals surface area contributed by atoms with Crippen molar-refractivity contribution in [3.05, 3.63) is 291 Å². The van der Waals surface area contributed by atoms with Gasteiger partial charge in [0.2, 0.25) is 0 Å². The number of aromatic nitrogens is 1. The molecule has 0 aliphatic heterocycles. The van der Waals surface area contributed by atoms with Gasteiger partial charge in [-0.3, -0.25) is 0 Å². The molecular weight excluding hydrogens is 893 g/mol. The molecule has 0 aliphatic carbocycles. The van der Waals surface area contributed by atoms with Gasteiger partial charge in [-0.1, -0.05) is 218 Å². The topological polar surface area (TPSA) is 8.17 Å². The summed E-state index contributed by atoms with van der Waals surface area (Å²) in [5.74, 6) is 0. The molecular formula is C72H48N2. The molecule has 346 valence electrons. The summed E-state index contributed by atoms with van der Waals surface area (Å²) in [5.41, 5.74) is 13.9. The predicted molar refractivity (Wildman–Crippen MR) is 317 cm³/mol. The van der Waals surface area contributed by atoms with E-state index in [0.717, 1.165) is 28.3 Å². The fourth-order valence-corrected chi connectivity index (χ4v) is 11.5. The Labute approximate surface area is 430 Å². The zero-order chi connectivity index (χ0) is 49.0. The summed E-state index contributed by atoms with van der Waals surface area (Å²) in [6, 6.07) is 107. The quantitative estimate of drug-likeness (QED) is 0.155. The van der Waals surface area contributed by atoms with Crippen LogP contribution in [0.15, 0.2) is 291 Å². The van der Waals surface area contributed by atoms with Gasteiger partial charge in [0.25, 0.3) is 0 Å². The van der Waals surface area contributed by atoms with Gasteiger partial charge in [0.05, 0.1) is 11.0 Å². The molecule has 0 amide bonds. The van der Waals surface area contributed by atoms with E-state index in [1.165, 1.54) is 103 Å². The largest absolute Gasteiger partial charge is 0.311 e. The highest BCUT2D eigenvalue weighted by molar-refractivity contribution is 6.26. The summed E-state index contributed by atoms with van der Waals surface area (Å²) in [4.78, 5) is 2.37. The van der Waals surface area contributed by atoms with E-state index in [1.54, 1.807) is 0 Å². The Hall–Kier alpha value is -9.76. The molecule has 0 saturated carbocycles. The van der Waals surface area contributed by atoms with Crippen LogP contribution in [0.4, 0.5) is 17.1 Å². The monoisotopic (exact) mass is 940 g/mol. The lowest BCUT2D eigenvalue weighted by molar-refractivity contribution is 1.18. The zero-order valence-corrected chi connectivity index (χ0v) is 40.6.